The minimum absolute atomic E-state index is 0.207. The SMILES string of the molecule is FC(c1ccccc1)c1ncccn1. The molecule has 1 atom stereocenters. The molecule has 1 heterocycles. The highest BCUT2D eigenvalue weighted by Gasteiger charge is 2.13. The average molecular weight is 188 g/mol. The Morgan fingerprint density at radius 1 is 0.929 bits per heavy atom. The van der Waals surface area contributed by atoms with E-state index in [1.165, 1.54) is 12.4 Å². The number of nitrogens with zero attached hydrogens (tertiary/aromatic N) is 2. The molecule has 0 N–H and O–H groups in total. The van der Waals surface area contributed by atoms with Gasteiger partial charge < -0.3 is 0 Å². The van der Waals surface area contributed by atoms with Crippen molar-refractivity contribution in [2.24, 2.45) is 0 Å². The third-order valence-electron chi connectivity index (χ3n) is 1.90. The lowest BCUT2D eigenvalue weighted by molar-refractivity contribution is 0.383. The molecule has 0 saturated carbocycles. The van der Waals surface area contributed by atoms with E-state index in [-0.39, 0.29) is 5.82 Å². The molecule has 0 amide bonds. The molecule has 14 heavy (non-hydrogen) atoms. The first-order chi connectivity index (χ1) is 6.88. The van der Waals surface area contributed by atoms with Crippen molar-refractivity contribution in [2.45, 2.75) is 6.17 Å². The van der Waals surface area contributed by atoms with E-state index in [4.69, 9.17) is 0 Å². The van der Waals surface area contributed by atoms with Crippen LogP contribution in [0, 0.1) is 0 Å². The van der Waals surface area contributed by atoms with E-state index >= 15 is 0 Å². The fourth-order valence-corrected chi connectivity index (χ4v) is 1.21. The molecule has 0 saturated heterocycles. The largest absolute Gasteiger partial charge is 0.238 e. The first-order valence-corrected chi connectivity index (χ1v) is 4.34. The Morgan fingerprint density at radius 3 is 2.21 bits per heavy atom. The van der Waals surface area contributed by atoms with E-state index in [0.29, 0.717) is 5.56 Å². The first kappa shape index (κ1) is 8.81. The van der Waals surface area contributed by atoms with E-state index in [1.54, 1.807) is 30.3 Å². The van der Waals surface area contributed by atoms with Crippen molar-refractivity contribution in [2.75, 3.05) is 0 Å². The Labute approximate surface area is 81.5 Å². The highest BCUT2D eigenvalue weighted by molar-refractivity contribution is 5.22. The van der Waals surface area contributed by atoms with Gasteiger partial charge >= 0.3 is 0 Å². The summed E-state index contributed by atoms with van der Waals surface area (Å²) >= 11 is 0. The smallest absolute Gasteiger partial charge is 0.184 e. The maximum absolute atomic E-state index is 13.7. The third kappa shape index (κ3) is 1.76. The van der Waals surface area contributed by atoms with E-state index < -0.39 is 6.17 Å². The molecule has 0 aliphatic rings. The van der Waals surface area contributed by atoms with Crippen LogP contribution < -0.4 is 0 Å². The van der Waals surface area contributed by atoms with E-state index in [9.17, 15) is 4.39 Å². The van der Waals surface area contributed by atoms with Crippen molar-refractivity contribution in [3.05, 3.63) is 60.2 Å². The number of hydrogen-bond donors (Lipinski definition) is 0. The summed E-state index contributed by atoms with van der Waals surface area (Å²) in [6, 6.07) is 10.6. The predicted molar refractivity (Wildman–Crippen MR) is 51.4 cm³/mol. The van der Waals surface area contributed by atoms with Crippen LogP contribution in [0.1, 0.15) is 17.6 Å². The van der Waals surface area contributed by atoms with Crippen molar-refractivity contribution in [1.29, 1.82) is 0 Å². The zero-order chi connectivity index (χ0) is 9.80. The van der Waals surface area contributed by atoms with Crippen molar-refractivity contribution in [3.8, 4) is 0 Å². The molecule has 2 aromatic rings. The highest BCUT2D eigenvalue weighted by Crippen LogP contribution is 2.21. The minimum Gasteiger partial charge on any atom is -0.238 e. The van der Waals surface area contributed by atoms with E-state index in [2.05, 4.69) is 9.97 Å². The first-order valence-electron chi connectivity index (χ1n) is 4.34. The van der Waals surface area contributed by atoms with Gasteiger partial charge in [0.05, 0.1) is 0 Å². The second-order valence-corrected chi connectivity index (χ2v) is 2.88. The van der Waals surface area contributed by atoms with Crippen LogP contribution in [0.3, 0.4) is 0 Å². The Balaban J connectivity index is 2.30. The van der Waals surface area contributed by atoms with Gasteiger partial charge in [-0.3, -0.25) is 0 Å². The van der Waals surface area contributed by atoms with E-state index in [0.717, 1.165) is 0 Å². The maximum atomic E-state index is 13.7. The molecule has 0 spiro atoms. The number of benzene rings is 1. The van der Waals surface area contributed by atoms with Gasteiger partial charge in [0.2, 0.25) is 0 Å². The van der Waals surface area contributed by atoms with Crippen LogP contribution in [-0.2, 0) is 0 Å². The number of hydrogen-bond acceptors (Lipinski definition) is 2. The Morgan fingerprint density at radius 2 is 1.57 bits per heavy atom. The number of aromatic nitrogens is 2. The summed E-state index contributed by atoms with van der Waals surface area (Å²) in [5.74, 6) is 0.207. The molecule has 3 heteroatoms. The summed E-state index contributed by atoms with van der Waals surface area (Å²) in [5, 5.41) is 0. The minimum atomic E-state index is -1.24. The molecular weight excluding hydrogens is 179 g/mol. The topological polar surface area (TPSA) is 25.8 Å². The highest BCUT2D eigenvalue weighted by atomic mass is 19.1. The lowest BCUT2D eigenvalue weighted by Gasteiger charge is -2.05. The number of halogens is 1. The van der Waals surface area contributed by atoms with Crippen LogP contribution in [0.25, 0.3) is 0 Å². The van der Waals surface area contributed by atoms with E-state index in [1.807, 2.05) is 6.07 Å². The van der Waals surface area contributed by atoms with Crippen LogP contribution in [-0.4, -0.2) is 9.97 Å². The van der Waals surface area contributed by atoms with Gasteiger partial charge in [0, 0.05) is 12.4 Å². The van der Waals surface area contributed by atoms with Gasteiger partial charge in [0.15, 0.2) is 12.0 Å². The van der Waals surface area contributed by atoms with Crippen molar-refractivity contribution in [3.63, 3.8) is 0 Å². The third-order valence-corrected chi connectivity index (χ3v) is 1.90. The van der Waals surface area contributed by atoms with Crippen molar-refractivity contribution < 1.29 is 4.39 Å². The second kappa shape index (κ2) is 3.96. The molecule has 0 fully saturated rings. The van der Waals surface area contributed by atoms with Crippen LogP contribution in [0.4, 0.5) is 4.39 Å². The van der Waals surface area contributed by atoms with Crippen molar-refractivity contribution in [1.82, 2.24) is 9.97 Å². The van der Waals surface area contributed by atoms with Gasteiger partial charge in [-0.05, 0) is 11.6 Å². The van der Waals surface area contributed by atoms with Crippen LogP contribution >= 0.6 is 0 Å². The summed E-state index contributed by atoms with van der Waals surface area (Å²) in [6.07, 6.45) is 1.84. The molecule has 0 radical (unpaired) electrons. The molecule has 2 nitrogen and oxygen atoms in total. The normalized spacial score (nSPS) is 12.4. The molecule has 1 aromatic heterocycles. The lowest BCUT2D eigenvalue weighted by atomic mass is 10.1. The van der Waals surface area contributed by atoms with Gasteiger partial charge in [0.25, 0.3) is 0 Å². The quantitative estimate of drug-likeness (QED) is 0.723. The molecule has 0 aliphatic heterocycles. The molecule has 70 valence electrons. The zero-order valence-electron chi connectivity index (χ0n) is 7.47. The molecule has 1 unspecified atom stereocenters. The molecule has 2 rings (SSSR count). The van der Waals surface area contributed by atoms with Gasteiger partial charge in [-0.2, -0.15) is 0 Å². The second-order valence-electron chi connectivity index (χ2n) is 2.88. The number of alkyl halides is 1. The van der Waals surface area contributed by atoms with Crippen LogP contribution in [0.2, 0.25) is 0 Å². The fourth-order valence-electron chi connectivity index (χ4n) is 1.21. The Bertz CT molecular complexity index is 349. The summed E-state index contributed by atoms with van der Waals surface area (Å²) < 4.78 is 13.7. The van der Waals surface area contributed by atoms with Gasteiger partial charge in [-0.15, -0.1) is 0 Å². The van der Waals surface area contributed by atoms with Gasteiger partial charge in [-0.1, -0.05) is 30.3 Å². The maximum Gasteiger partial charge on any atom is 0.184 e. The predicted octanol–water partition coefficient (Wildman–Crippen LogP) is 2.54. The van der Waals surface area contributed by atoms with Crippen LogP contribution in [0.5, 0.6) is 0 Å². The number of rotatable bonds is 2. The van der Waals surface area contributed by atoms with Gasteiger partial charge in [-0.25, -0.2) is 14.4 Å². The lowest BCUT2D eigenvalue weighted by Crippen LogP contribution is -1.99. The average Bonchev–Trinajstić information content (AvgIpc) is 2.30. The zero-order valence-corrected chi connectivity index (χ0v) is 7.47. The Kier molecular flexibility index (Phi) is 2.49. The fraction of sp³-hybridized carbons (Fsp3) is 0.0909. The molecular formula is C11H9FN2. The summed E-state index contributed by atoms with van der Waals surface area (Å²) in [4.78, 5) is 7.74. The van der Waals surface area contributed by atoms with Crippen molar-refractivity contribution >= 4 is 0 Å². The molecule has 0 aliphatic carbocycles. The summed E-state index contributed by atoms with van der Waals surface area (Å²) in [7, 11) is 0. The van der Waals surface area contributed by atoms with Crippen LogP contribution in [0.15, 0.2) is 48.8 Å². The van der Waals surface area contributed by atoms with Gasteiger partial charge in [0.1, 0.15) is 0 Å². The standard InChI is InChI=1S/C11H9FN2/c12-10(9-5-2-1-3-6-9)11-13-7-4-8-14-11/h1-8,10H. The summed E-state index contributed by atoms with van der Waals surface area (Å²) in [6.45, 7) is 0. The Hall–Kier alpha value is -1.77. The molecule has 1 aromatic carbocycles. The molecule has 0 bridgehead atoms. The monoisotopic (exact) mass is 188 g/mol. The summed E-state index contributed by atoms with van der Waals surface area (Å²) in [5.41, 5.74) is 0.582.